The van der Waals surface area contributed by atoms with Gasteiger partial charge in [-0.15, -0.1) is 10.2 Å². The van der Waals surface area contributed by atoms with Gasteiger partial charge in [0.15, 0.2) is 11.6 Å². The Morgan fingerprint density at radius 2 is 1.87 bits per heavy atom. The number of anilines is 1. The number of methoxy groups -OCH3 is 1. The fraction of sp³-hybridized carbons (Fsp3) is 0.520. The molecule has 3 atom stereocenters. The second kappa shape index (κ2) is 11.0. The van der Waals surface area contributed by atoms with Crippen LogP contribution in [0.1, 0.15) is 31.6 Å². The van der Waals surface area contributed by atoms with Gasteiger partial charge in [-0.2, -0.15) is 0 Å². The Hall–Kier alpha value is -3.03. The van der Waals surface area contributed by atoms with Crippen molar-refractivity contribution in [1.29, 1.82) is 0 Å². The van der Waals surface area contributed by atoms with Crippen molar-refractivity contribution in [1.82, 2.24) is 24.7 Å². The largest absolute Gasteiger partial charge is 0.494 e. The molecule has 0 bridgehead atoms. The summed E-state index contributed by atoms with van der Waals surface area (Å²) in [5.74, 6) is 1.63. The van der Waals surface area contributed by atoms with Crippen molar-refractivity contribution in [3.05, 3.63) is 42.5 Å². The molecule has 0 saturated carbocycles. The van der Waals surface area contributed by atoms with E-state index in [0.29, 0.717) is 34.8 Å². The topological polar surface area (TPSA) is 133 Å². The first-order valence-electron chi connectivity index (χ1n) is 12.6. The van der Waals surface area contributed by atoms with Gasteiger partial charge in [0.05, 0.1) is 43.0 Å². The van der Waals surface area contributed by atoms with Gasteiger partial charge in [0, 0.05) is 20.5 Å². The number of aliphatic hydroxyl groups excluding tert-OH is 1. The van der Waals surface area contributed by atoms with Gasteiger partial charge in [-0.1, -0.05) is 38.7 Å². The maximum Gasteiger partial charge on any atom is 0.241 e. The van der Waals surface area contributed by atoms with Crippen LogP contribution in [0.2, 0.25) is 25.7 Å². The van der Waals surface area contributed by atoms with Crippen LogP contribution < -0.4 is 13.8 Å². The molecule has 2 aromatic heterocycles. The summed E-state index contributed by atoms with van der Waals surface area (Å²) in [5.41, 5.74) is 0.692. The highest BCUT2D eigenvalue weighted by Gasteiger charge is 2.39. The monoisotopic (exact) mass is 560 g/mol. The fourth-order valence-electron chi connectivity index (χ4n) is 4.26. The highest BCUT2D eigenvalue weighted by molar-refractivity contribution is 7.93. The van der Waals surface area contributed by atoms with Crippen LogP contribution in [-0.4, -0.2) is 78.4 Å². The van der Waals surface area contributed by atoms with Gasteiger partial charge in [0.1, 0.15) is 18.2 Å². The zero-order chi connectivity index (χ0) is 27.7. The number of para-hydroxylation sites is 1. The van der Waals surface area contributed by atoms with Gasteiger partial charge in [0.25, 0.3) is 0 Å². The highest BCUT2D eigenvalue weighted by Crippen LogP contribution is 2.38. The molecule has 1 aromatic carbocycles. The number of fused-ring (bicyclic) bond motifs is 3. The second-order valence-corrected chi connectivity index (χ2v) is 18.6. The zero-order valence-corrected chi connectivity index (χ0v) is 24.5. The van der Waals surface area contributed by atoms with E-state index in [1.165, 1.54) is 23.8 Å². The number of aromatic nitrogens is 5. The fourth-order valence-corrected chi connectivity index (χ4v) is 7.05. The molecule has 0 fully saturated rings. The van der Waals surface area contributed by atoms with Crippen LogP contribution >= 0.6 is 0 Å². The molecular formula is C25H36N6O5SSi. The number of hydrogen-bond acceptors (Lipinski definition) is 9. The van der Waals surface area contributed by atoms with E-state index < -0.39 is 35.3 Å². The van der Waals surface area contributed by atoms with Crippen molar-refractivity contribution in [2.45, 2.75) is 56.7 Å². The third-order valence-corrected chi connectivity index (χ3v) is 10.9. The van der Waals surface area contributed by atoms with Crippen molar-refractivity contribution in [2.75, 3.05) is 31.2 Å². The van der Waals surface area contributed by atoms with E-state index in [0.717, 1.165) is 0 Å². The minimum Gasteiger partial charge on any atom is -0.494 e. The van der Waals surface area contributed by atoms with Gasteiger partial charge < -0.3 is 14.6 Å². The Morgan fingerprint density at radius 3 is 2.50 bits per heavy atom. The maximum absolute atomic E-state index is 14.3. The molecule has 38 heavy (non-hydrogen) atoms. The molecule has 206 valence electrons. The van der Waals surface area contributed by atoms with Crippen molar-refractivity contribution in [3.63, 3.8) is 0 Å². The van der Waals surface area contributed by atoms with Crippen LogP contribution in [0.4, 0.5) is 5.95 Å². The van der Waals surface area contributed by atoms with Crippen molar-refractivity contribution < 1.29 is 23.0 Å². The van der Waals surface area contributed by atoms with E-state index in [-0.39, 0.29) is 25.7 Å². The first-order valence-corrected chi connectivity index (χ1v) is 17.8. The standard InChI is InChI=1S/C25H36N6O5SSi/c1-17(23-26-13-20(35-3)14-27-23)18(2)37(33,34)30(11-12-38(4,5)6)25-29-28-24-21-9-7-8-10-22(21)36-16-19(15-32)31(24)25/h7-10,13-14,17-19,32H,11-12,15-16H2,1-6H3/t17-,18-,19-/m0/s1. The van der Waals surface area contributed by atoms with Gasteiger partial charge in [-0.3, -0.25) is 4.57 Å². The molecule has 0 amide bonds. The van der Waals surface area contributed by atoms with E-state index in [4.69, 9.17) is 9.47 Å². The lowest BCUT2D eigenvalue weighted by Gasteiger charge is -2.31. The molecule has 4 rings (SSSR count). The molecule has 1 aliphatic heterocycles. The minimum atomic E-state index is -3.97. The molecule has 0 aliphatic carbocycles. The maximum atomic E-state index is 14.3. The number of nitrogens with zero attached hydrogens (tertiary/aromatic N) is 6. The van der Waals surface area contributed by atoms with Crippen LogP contribution in [0.3, 0.4) is 0 Å². The van der Waals surface area contributed by atoms with Crippen LogP contribution in [0.5, 0.6) is 11.5 Å². The molecule has 3 heterocycles. The predicted molar refractivity (Wildman–Crippen MR) is 148 cm³/mol. The van der Waals surface area contributed by atoms with Crippen molar-refractivity contribution in [2.24, 2.45) is 0 Å². The van der Waals surface area contributed by atoms with Crippen molar-refractivity contribution in [3.8, 4) is 22.9 Å². The van der Waals surface area contributed by atoms with E-state index >= 15 is 0 Å². The molecular weight excluding hydrogens is 524 g/mol. The molecule has 1 N–H and O–H groups in total. The first-order chi connectivity index (χ1) is 18.0. The second-order valence-electron chi connectivity index (χ2n) is 10.7. The summed E-state index contributed by atoms with van der Waals surface area (Å²) >= 11 is 0. The number of sulfonamides is 1. The summed E-state index contributed by atoms with van der Waals surface area (Å²) in [6.45, 7) is 10.2. The van der Waals surface area contributed by atoms with Crippen LogP contribution in [-0.2, 0) is 10.0 Å². The minimum absolute atomic E-state index is 0.152. The summed E-state index contributed by atoms with van der Waals surface area (Å²) in [5, 5.41) is 18.2. The average molecular weight is 561 g/mol. The molecule has 0 unspecified atom stereocenters. The normalized spacial score (nSPS) is 17.0. The Kier molecular flexibility index (Phi) is 8.09. The lowest BCUT2D eigenvalue weighted by atomic mass is 10.1. The van der Waals surface area contributed by atoms with Gasteiger partial charge in [-0.25, -0.2) is 22.7 Å². The Labute approximate surface area is 224 Å². The Morgan fingerprint density at radius 1 is 1.18 bits per heavy atom. The van der Waals surface area contributed by atoms with E-state index in [1.807, 2.05) is 24.3 Å². The first kappa shape index (κ1) is 28.0. The van der Waals surface area contributed by atoms with Gasteiger partial charge in [0.2, 0.25) is 16.0 Å². The molecule has 3 aromatic rings. The van der Waals surface area contributed by atoms with E-state index in [2.05, 4.69) is 39.8 Å². The quantitative estimate of drug-likeness (QED) is 0.371. The third kappa shape index (κ3) is 5.54. The number of ether oxygens (including phenoxy) is 2. The molecule has 0 radical (unpaired) electrons. The highest BCUT2D eigenvalue weighted by atomic mass is 32.2. The molecule has 0 saturated heterocycles. The number of aliphatic hydroxyl groups is 1. The Bertz CT molecular complexity index is 1360. The summed E-state index contributed by atoms with van der Waals surface area (Å²) < 4.78 is 42.7. The summed E-state index contributed by atoms with van der Waals surface area (Å²) in [6, 6.07) is 7.54. The summed E-state index contributed by atoms with van der Waals surface area (Å²) in [7, 11) is -4.09. The third-order valence-electron chi connectivity index (χ3n) is 6.87. The SMILES string of the molecule is COc1cnc([C@@H](C)[C@H](C)S(=O)(=O)N(CC[Si](C)(C)C)c2nnc3n2[C@@H](CO)COc2ccccc2-3)nc1. The van der Waals surface area contributed by atoms with Gasteiger partial charge >= 0.3 is 0 Å². The average Bonchev–Trinajstić information content (AvgIpc) is 3.24. The summed E-state index contributed by atoms with van der Waals surface area (Å²) in [6.07, 6.45) is 3.06. The van der Waals surface area contributed by atoms with Crippen LogP contribution in [0.15, 0.2) is 36.7 Å². The predicted octanol–water partition coefficient (Wildman–Crippen LogP) is 3.34. The smallest absolute Gasteiger partial charge is 0.241 e. The zero-order valence-electron chi connectivity index (χ0n) is 22.7. The molecule has 13 heteroatoms. The lowest BCUT2D eigenvalue weighted by molar-refractivity contribution is 0.172. The molecule has 1 aliphatic rings. The van der Waals surface area contributed by atoms with Crippen LogP contribution in [0, 0.1) is 0 Å². The number of hydrogen-bond donors (Lipinski definition) is 1. The van der Waals surface area contributed by atoms with E-state index in [9.17, 15) is 13.5 Å². The van der Waals surface area contributed by atoms with E-state index in [1.54, 1.807) is 18.4 Å². The number of benzene rings is 1. The number of rotatable bonds is 10. The van der Waals surface area contributed by atoms with Gasteiger partial charge in [-0.05, 0) is 25.1 Å². The van der Waals surface area contributed by atoms with Crippen molar-refractivity contribution >= 4 is 24.0 Å². The molecule has 0 spiro atoms. The summed E-state index contributed by atoms with van der Waals surface area (Å²) in [4.78, 5) is 8.66. The lowest BCUT2D eigenvalue weighted by Crippen LogP contribution is -2.44. The molecule has 11 nitrogen and oxygen atoms in total. The van der Waals surface area contributed by atoms with Crippen LogP contribution in [0.25, 0.3) is 11.4 Å². The Balaban J connectivity index is 1.80.